The molecule has 1 aliphatic heterocycles. The van der Waals surface area contributed by atoms with Crippen LogP contribution >= 0.6 is 11.3 Å². The molecule has 0 radical (unpaired) electrons. The van der Waals surface area contributed by atoms with E-state index in [9.17, 15) is 4.79 Å². The zero-order chi connectivity index (χ0) is 19.8. The van der Waals surface area contributed by atoms with E-state index in [0.717, 1.165) is 35.6 Å². The SMILES string of the molecule is Cc1cccn2cc(COc3ccc(C(=O)N4CCc5sccc5C4)cc3)nc12. The van der Waals surface area contributed by atoms with Gasteiger partial charge in [-0.05, 0) is 66.2 Å². The van der Waals surface area contributed by atoms with Gasteiger partial charge in [-0.15, -0.1) is 11.3 Å². The lowest BCUT2D eigenvalue weighted by molar-refractivity contribution is 0.0736. The molecule has 6 heteroatoms. The molecule has 5 nitrogen and oxygen atoms in total. The number of nitrogens with zero attached hydrogens (tertiary/aromatic N) is 3. The highest BCUT2D eigenvalue weighted by molar-refractivity contribution is 7.10. The average molecular weight is 404 g/mol. The van der Waals surface area contributed by atoms with E-state index in [-0.39, 0.29) is 5.91 Å². The number of pyridine rings is 1. The Morgan fingerprint density at radius 1 is 1.21 bits per heavy atom. The third-order valence-corrected chi connectivity index (χ3v) is 6.33. The van der Waals surface area contributed by atoms with Crippen LogP contribution in [0.25, 0.3) is 5.65 Å². The number of thiophene rings is 1. The van der Waals surface area contributed by atoms with Crippen LogP contribution < -0.4 is 4.74 Å². The number of carbonyl (C=O) groups excluding carboxylic acids is 1. The molecule has 0 N–H and O–H groups in total. The first-order valence-corrected chi connectivity index (χ1v) is 10.6. The number of benzene rings is 1. The number of imidazole rings is 1. The first-order chi connectivity index (χ1) is 14.2. The molecular formula is C23H21N3O2S. The Morgan fingerprint density at radius 2 is 2.07 bits per heavy atom. The molecular weight excluding hydrogens is 382 g/mol. The van der Waals surface area contributed by atoms with Crippen molar-refractivity contribution in [2.45, 2.75) is 26.5 Å². The van der Waals surface area contributed by atoms with Crippen molar-refractivity contribution in [2.75, 3.05) is 6.54 Å². The maximum Gasteiger partial charge on any atom is 0.254 e. The van der Waals surface area contributed by atoms with E-state index >= 15 is 0 Å². The molecule has 1 amide bonds. The first kappa shape index (κ1) is 17.9. The van der Waals surface area contributed by atoms with Gasteiger partial charge in [-0.2, -0.15) is 0 Å². The van der Waals surface area contributed by atoms with Crippen molar-refractivity contribution in [1.29, 1.82) is 0 Å². The zero-order valence-electron chi connectivity index (χ0n) is 16.2. The number of hydrogen-bond donors (Lipinski definition) is 0. The largest absolute Gasteiger partial charge is 0.487 e. The summed E-state index contributed by atoms with van der Waals surface area (Å²) in [6, 6.07) is 13.6. The first-order valence-electron chi connectivity index (χ1n) is 9.68. The minimum atomic E-state index is 0.0734. The third kappa shape index (κ3) is 3.51. The Bertz CT molecular complexity index is 1180. The maximum atomic E-state index is 12.8. The molecule has 1 aromatic carbocycles. The topological polar surface area (TPSA) is 46.8 Å². The molecule has 3 aromatic heterocycles. The number of fused-ring (bicyclic) bond motifs is 2. The van der Waals surface area contributed by atoms with Crippen molar-refractivity contribution >= 4 is 22.9 Å². The van der Waals surface area contributed by atoms with Gasteiger partial charge in [0.1, 0.15) is 18.0 Å². The Balaban J connectivity index is 1.24. The van der Waals surface area contributed by atoms with Crippen LogP contribution in [0.5, 0.6) is 5.75 Å². The van der Waals surface area contributed by atoms with E-state index in [4.69, 9.17) is 4.74 Å². The number of ether oxygens (including phenoxy) is 1. The Kier molecular flexibility index (Phi) is 4.56. The summed E-state index contributed by atoms with van der Waals surface area (Å²) in [6.07, 6.45) is 4.91. The lowest BCUT2D eigenvalue weighted by Crippen LogP contribution is -2.35. The summed E-state index contributed by atoms with van der Waals surface area (Å²) in [5.41, 5.74) is 4.92. The minimum Gasteiger partial charge on any atom is -0.487 e. The number of aryl methyl sites for hydroxylation is 1. The molecule has 0 saturated carbocycles. The van der Waals surface area contributed by atoms with E-state index in [0.29, 0.717) is 18.7 Å². The summed E-state index contributed by atoms with van der Waals surface area (Å²) >= 11 is 1.78. The molecule has 1 aliphatic rings. The van der Waals surface area contributed by atoms with Crippen molar-refractivity contribution in [1.82, 2.24) is 14.3 Å². The molecule has 0 bridgehead atoms. The van der Waals surface area contributed by atoms with Crippen LogP contribution in [-0.2, 0) is 19.6 Å². The molecule has 29 heavy (non-hydrogen) atoms. The fourth-order valence-corrected chi connectivity index (χ4v) is 4.62. The van der Waals surface area contributed by atoms with Gasteiger partial charge in [0.25, 0.3) is 5.91 Å². The van der Waals surface area contributed by atoms with Crippen molar-refractivity contribution in [2.24, 2.45) is 0 Å². The summed E-state index contributed by atoms with van der Waals surface area (Å²) in [5.74, 6) is 0.804. The fourth-order valence-electron chi connectivity index (χ4n) is 3.73. The molecule has 5 rings (SSSR count). The fraction of sp³-hybridized carbons (Fsp3) is 0.217. The molecule has 4 aromatic rings. The smallest absolute Gasteiger partial charge is 0.254 e. The number of amides is 1. The van der Waals surface area contributed by atoms with Gasteiger partial charge >= 0.3 is 0 Å². The number of carbonyl (C=O) groups is 1. The molecule has 0 aliphatic carbocycles. The van der Waals surface area contributed by atoms with Gasteiger partial charge in [0, 0.05) is 35.9 Å². The van der Waals surface area contributed by atoms with Crippen LogP contribution in [0, 0.1) is 6.92 Å². The Labute approximate surface area is 173 Å². The quantitative estimate of drug-likeness (QED) is 0.505. The summed E-state index contributed by atoms with van der Waals surface area (Å²) < 4.78 is 7.89. The Hall–Kier alpha value is -3.12. The second-order valence-corrected chi connectivity index (χ2v) is 8.31. The van der Waals surface area contributed by atoms with Crippen LogP contribution in [0.4, 0.5) is 0 Å². The second-order valence-electron chi connectivity index (χ2n) is 7.31. The summed E-state index contributed by atoms with van der Waals surface area (Å²) in [6.45, 7) is 3.91. The van der Waals surface area contributed by atoms with Crippen LogP contribution in [0.2, 0.25) is 0 Å². The molecule has 146 valence electrons. The Morgan fingerprint density at radius 3 is 2.90 bits per heavy atom. The molecule has 0 unspecified atom stereocenters. The lowest BCUT2D eigenvalue weighted by Gasteiger charge is -2.27. The minimum absolute atomic E-state index is 0.0734. The number of rotatable bonds is 4. The monoisotopic (exact) mass is 403 g/mol. The zero-order valence-corrected chi connectivity index (χ0v) is 17.0. The third-order valence-electron chi connectivity index (χ3n) is 5.31. The van der Waals surface area contributed by atoms with Crippen molar-refractivity contribution < 1.29 is 9.53 Å². The van der Waals surface area contributed by atoms with Crippen LogP contribution in [-0.4, -0.2) is 26.7 Å². The van der Waals surface area contributed by atoms with Crippen LogP contribution in [0.1, 0.15) is 32.1 Å². The molecule has 0 spiro atoms. The highest BCUT2D eigenvalue weighted by Crippen LogP contribution is 2.25. The molecule has 4 heterocycles. The second kappa shape index (κ2) is 7.37. The van der Waals surface area contributed by atoms with Gasteiger partial charge in [-0.25, -0.2) is 4.98 Å². The maximum absolute atomic E-state index is 12.8. The highest BCUT2D eigenvalue weighted by Gasteiger charge is 2.22. The van der Waals surface area contributed by atoms with Gasteiger partial charge in [0.2, 0.25) is 0 Å². The van der Waals surface area contributed by atoms with Gasteiger partial charge in [-0.1, -0.05) is 6.07 Å². The van der Waals surface area contributed by atoms with E-state index < -0.39 is 0 Å². The number of hydrogen-bond acceptors (Lipinski definition) is 4. The van der Waals surface area contributed by atoms with E-state index in [1.807, 2.05) is 65.0 Å². The molecule has 0 atom stereocenters. The van der Waals surface area contributed by atoms with Crippen molar-refractivity contribution in [3.05, 3.63) is 87.5 Å². The van der Waals surface area contributed by atoms with Gasteiger partial charge in [0.15, 0.2) is 0 Å². The summed E-state index contributed by atoms with van der Waals surface area (Å²) in [5, 5.41) is 2.11. The van der Waals surface area contributed by atoms with E-state index in [2.05, 4.69) is 16.4 Å². The average Bonchev–Trinajstić information content (AvgIpc) is 3.39. The van der Waals surface area contributed by atoms with E-state index in [1.54, 1.807) is 11.3 Å². The summed E-state index contributed by atoms with van der Waals surface area (Å²) in [4.78, 5) is 20.8. The lowest BCUT2D eigenvalue weighted by atomic mass is 10.1. The highest BCUT2D eigenvalue weighted by atomic mass is 32.1. The van der Waals surface area contributed by atoms with Gasteiger partial charge in [-0.3, -0.25) is 4.79 Å². The predicted octanol–water partition coefficient (Wildman–Crippen LogP) is 4.48. The normalized spacial score (nSPS) is 13.5. The van der Waals surface area contributed by atoms with Gasteiger partial charge < -0.3 is 14.0 Å². The van der Waals surface area contributed by atoms with Crippen molar-refractivity contribution in [3.63, 3.8) is 0 Å². The standard InChI is InChI=1S/C23H21N3O2S/c1-16-3-2-10-25-14-19(24-22(16)25)15-28-20-6-4-17(5-7-20)23(27)26-11-8-21-18(13-26)9-12-29-21/h2-7,9-10,12,14H,8,11,13,15H2,1H3. The predicted molar refractivity (Wildman–Crippen MR) is 113 cm³/mol. The van der Waals surface area contributed by atoms with Crippen LogP contribution in [0.15, 0.2) is 60.2 Å². The summed E-state index contributed by atoms with van der Waals surface area (Å²) in [7, 11) is 0. The van der Waals surface area contributed by atoms with Crippen LogP contribution in [0.3, 0.4) is 0 Å². The number of aromatic nitrogens is 2. The van der Waals surface area contributed by atoms with Gasteiger partial charge in [0.05, 0.1) is 5.69 Å². The molecule has 0 saturated heterocycles. The van der Waals surface area contributed by atoms with Crippen molar-refractivity contribution in [3.8, 4) is 5.75 Å². The molecule has 0 fully saturated rings. The van der Waals surface area contributed by atoms with E-state index in [1.165, 1.54) is 10.4 Å².